The van der Waals surface area contributed by atoms with Crippen LogP contribution < -0.4 is 5.73 Å². The summed E-state index contributed by atoms with van der Waals surface area (Å²) in [5, 5.41) is 7.98. The number of hydrogen-bond donors (Lipinski definition) is 1. The van der Waals surface area contributed by atoms with Crippen LogP contribution in [0.1, 0.15) is 41.2 Å². The Kier molecular flexibility index (Phi) is 3.60. The molecule has 0 aromatic carbocycles. The lowest BCUT2D eigenvalue weighted by atomic mass is 9.98. The van der Waals surface area contributed by atoms with Gasteiger partial charge in [-0.2, -0.15) is 5.10 Å². The van der Waals surface area contributed by atoms with Gasteiger partial charge in [0.05, 0.1) is 11.6 Å². The average molecular weight is 300 g/mol. The minimum absolute atomic E-state index is 0.102. The molecule has 0 radical (unpaired) electrons. The SMILES string of the molecule is Cc1cc(C(C)C(=O)N2CCc3nnc(N)cc3C2)c(C)o1. The van der Waals surface area contributed by atoms with Gasteiger partial charge >= 0.3 is 0 Å². The Morgan fingerprint density at radius 3 is 2.82 bits per heavy atom. The molecule has 1 amide bonds. The molecule has 0 bridgehead atoms. The maximum absolute atomic E-state index is 12.8. The molecule has 0 spiro atoms. The van der Waals surface area contributed by atoms with Crippen molar-refractivity contribution in [2.45, 2.75) is 39.7 Å². The topological polar surface area (TPSA) is 85.2 Å². The second-order valence-corrected chi connectivity index (χ2v) is 5.84. The number of fused-ring (bicyclic) bond motifs is 1. The number of carbonyl (C=O) groups excluding carboxylic acids is 1. The molecule has 2 N–H and O–H groups in total. The van der Waals surface area contributed by atoms with Gasteiger partial charge in [0.1, 0.15) is 17.3 Å². The van der Waals surface area contributed by atoms with E-state index in [1.54, 1.807) is 6.07 Å². The predicted molar refractivity (Wildman–Crippen MR) is 82.2 cm³/mol. The van der Waals surface area contributed by atoms with Crippen molar-refractivity contribution in [2.75, 3.05) is 12.3 Å². The molecular formula is C16H20N4O2. The van der Waals surface area contributed by atoms with Crippen molar-refractivity contribution >= 4 is 11.7 Å². The molecule has 1 aliphatic heterocycles. The minimum Gasteiger partial charge on any atom is -0.466 e. The summed E-state index contributed by atoms with van der Waals surface area (Å²) in [5.41, 5.74) is 8.56. The van der Waals surface area contributed by atoms with E-state index < -0.39 is 0 Å². The van der Waals surface area contributed by atoms with E-state index >= 15 is 0 Å². The van der Waals surface area contributed by atoms with Crippen molar-refractivity contribution < 1.29 is 9.21 Å². The van der Waals surface area contributed by atoms with Gasteiger partial charge in [-0.15, -0.1) is 5.10 Å². The Morgan fingerprint density at radius 2 is 2.14 bits per heavy atom. The van der Waals surface area contributed by atoms with Crippen molar-refractivity contribution in [3.8, 4) is 0 Å². The summed E-state index contributed by atoms with van der Waals surface area (Å²) in [7, 11) is 0. The summed E-state index contributed by atoms with van der Waals surface area (Å²) >= 11 is 0. The second kappa shape index (κ2) is 5.44. The summed E-state index contributed by atoms with van der Waals surface area (Å²) in [5.74, 6) is 1.92. The molecular weight excluding hydrogens is 280 g/mol. The summed E-state index contributed by atoms with van der Waals surface area (Å²) < 4.78 is 5.54. The van der Waals surface area contributed by atoms with Crippen LogP contribution in [0.2, 0.25) is 0 Å². The predicted octanol–water partition coefficient (Wildman–Crippen LogP) is 1.96. The summed E-state index contributed by atoms with van der Waals surface area (Å²) in [6.45, 7) is 6.91. The number of nitrogens with two attached hydrogens (primary N) is 1. The summed E-state index contributed by atoms with van der Waals surface area (Å²) in [6.07, 6.45) is 0.713. The Labute approximate surface area is 129 Å². The van der Waals surface area contributed by atoms with Crippen LogP contribution in [0.4, 0.5) is 5.82 Å². The molecule has 22 heavy (non-hydrogen) atoms. The Balaban J connectivity index is 1.80. The maximum atomic E-state index is 12.8. The van der Waals surface area contributed by atoms with Crippen molar-refractivity contribution in [1.82, 2.24) is 15.1 Å². The summed E-state index contributed by atoms with van der Waals surface area (Å²) in [4.78, 5) is 14.6. The van der Waals surface area contributed by atoms with E-state index in [0.29, 0.717) is 25.3 Å². The minimum atomic E-state index is -0.217. The highest BCUT2D eigenvalue weighted by atomic mass is 16.3. The molecule has 2 aromatic rings. The van der Waals surface area contributed by atoms with Crippen LogP contribution in [0.25, 0.3) is 0 Å². The van der Waals surface area contributed by atoms with E-state index in [4.69, 9.17) is 10.2 Å². The van der Waals surface area contributed by atoms with E-state index in [1.165, 1.54) is 0 Å². The van der Waals surface area contributed by atoms with E-state index in [0.717, 1.165) is 28.3 Å². The molecule has 1 aliphatic rings. The first kappa shape index (κ1) is 14.6. The molecule has 116 valence electrons. The third-order valence-electron chi connectivity index (χ3n) is 4.19. The molecule has 3 rings (SSSR count). The molecule has 0 saturated heterocycles. The first-order valence-electron chi connectivity index (χ1n) is 7.42. The highest BCUT2D eigenvalue weighted by Gasteiger charge is 2.28. The van der Waals surface area contributed by atoms with Gasteiger partial charge in [-0.25, -0.2) is 0 Å². The average Bonchev–Trinajstić information content (AvgIpc) is 2.83. The summed E-state index contributed by atoms with van der Waals surface area (Å²) in [6, 6.07) is 3.75. The number of aromatic nitrogens is 2. The van der Waals surface area contributed by atoms with Crippen LogP contribution in [0.3, 0.4) is 0 Å². The number of furan rings is 1. The second-order valence-electron chi connectivity index (χ2n) is 5.84. The standard InChI is InChI=1S/C16H20N4O2/c1-9-6-13(11(3)22-9)10(2)16(21)20-5-4-14-12(8-20)7-15(17)19-18-14/h6-7,10H,4-5,8H2,1-3H3,(H2,17,19). The van der Waals surface area contributed by atoms with Crippen LogP contribution in [-0.4, -0.2) is 27.5 Å². The van der Waals surface area contributed by atoms with Crippen molar-refractivity contribution in [3.63, 3.8) is 0 Å². The van der Waals surface area contributed by atoms with E-state index in [-0.39, 0.29) is 11.8 Å². The molecule has 2 aromatic heterocycles. The lowest BCUT2D eigenvalue weighted by Gasteiger charge is -2.30. The number of rotatable bonds is 2. The number of aryl methyl sites for hydroxylation is 2. The molecule has 0 fully saturated rings. The van der Waals surface area contributed by atoms with Crippen LogP contribution in [0.5, 0.6) is 0 Å². The number of anilines is 1. The third-order valence-corrected chi connectivity index (χ3v) is 4.19. The van der Waals surface area contributed by atoms with Crippen LogP contribution >= 0.6 is 0 Å². The zero-order valence-corrected chi connectivity index (χ0v) is 13.1. The number of nitrogen functional groups attached to an aromatic ring is 1. The number of amides is 1. The van der Waals surface area contributed by atoms with Gasteiger partial charge in [0.2, 0.25) is 5.91 Å². The van der Waals surface area contributed by atoms with E-state index in [2.05, 4.69) is 10.2 Å². The van der Waals surface area contributed by atoms with Gasteiger partial charge in [0, 0.05) is 25.1 Å². The Morgan fingerprint density at radius 1 is 1.36 bits per heavy atom. The monoisotopic (exact) mass is 300 g/mol. The van der Waals surface area contributed by atoms with Crippen LogP contribution in [-0.2, 0) is 17.8 Å². The fraction of sp³-hybridized carbons (Fsp3) is 0.438. The highest BCUT2D eigenvalue weighted by Crippen LogP contribution is 2.27. The Bertz CT molecular complexity index is 723. The molecule has 6 nitrogen and oxygen atoms in total. The normalized spacial score (nSPS) is 15.5. The number of nitrogens with zero attached hydrogens (tertiary/aromatic N) is 3. The van der Waals surface area contributed by atoms with Crippen LogP contribution in [0, 0.1) is 13.8 Å². The van der Waals surface area contributed by atoms with Gasteiger partial charge in [0.25, 0.3) is 0 Å². The highest BCUT2D eigenvalue weighted by molar-refractivity contribution is 5.83. The van der Waals surface area contributed by atoms with E-state index in [1.807, 2.05) is 31.7 Å². The smallest absolute Gasteiger partial charge is 0.230 e. The molecule has 1 unspecified atom stereocenters. The molecule has 0 saturated carbocycles. The van der Waals surface area contributed by atoms with Crippen molar-refractivity contribution in [3.05, 3.63) is 40.5 Å². The number of carbonyl (C=O) groups is 1. The Hall–Kier alpha value is -2.37. The fourth-order valence-electron chi connectivity index (χ4n) is 3.02. The number of hydrogen-bond acceptors (Lipinski definition) is 5. The lowest BCUT2D eigenvalue weighted by molar-refractivity contribution is -0.133. The van der Waals surface area contributed by atoms with Gasteiger partial charge < -0.3 is 15.1 Å². The molecule has 1 atom stereocenters. The van der Waals surface area contributed by atoms with Crippen molar-refractivity contribution in [2.24, 2.45) is 0 Å². The maximum Gasteiger partial charge on any atom is 0.230 e. The third kappa shape index (κ3) is 2.56. The first-order valence-corrected chi connectivity index (χ1v) is 7.42. The quantitative estimate of drug-likeness (QED) is 0.916. The molecule has 6 heteroatoms. The van der Waals surface area contributed by atoms with Gasteiger partial charge in [-0.05, 0) is 38.5 Å². The van der Waals surface area contributed by atoms with Gasteiger partial charge in [-0.1, -0.05) is 0 Å². The zero-order valence-electron chi connectivity index (χ0n) is 13.1. The molecule has 0 aliphatic carbocycles. The first-order chi connectivity index (χ1) is 10.5. The van der Waals surface area contributed by atoms with Gasteiger partial charge in [-0.3, -0.25) is 4.79 Å². The zero-order chi connectivity index (χ0) is 15.9. The largest absolute Gasteiger partial charge is 0.466 e. The van der Waals surface area contributed by atoms with Gasteiger partial charge in [0.15, 0.2) is 0 Å². The fourth-order valence-corrected chi connectivity index (χ4v) is 3.02. The van der Waals surface area contributed by atoms with Crippen LogP contribution in [0.15, 0.2) is 16.5 Å². The lowest BCUT2D eigenvalue weighted by Crippen LogP contribution is -2.38. The van der Waals surface area contributed by atoms with E-state index in [9.17, 15) is 4.79 Å². The van der Waals surface area contributed by atoms with Crippen molar-refractivity contribution in [1.29, 1.82) is 0 Å². The molecule has 3 heterocycles.